The monoisotopic (exact) mass is 289 g/mol. The lowest BCUT2D eigenvalue weighted by atomic mass is 10.1. The van der Waals surface area contributed by atoms with Gasteiger partial charge in [0, 0.05) is 11.6 Å². The lowest BCUT2D eigenvalue weighted by Crippen LogP contribution is -2.01. The quantitative estimate of drug-likeness (QED) is 0.589. The van der Waals surface area contributed by atoms with E-state index >= 15 is 0 Å². The molecule has 0 aromatic heterocycles. The number of ether oxygens (including phenoxy) is 1. The Morgan fingerprint density at radius 2 is 1.90 bits per heavy atom. The third-order valence-corrected chi connectivity index (χ3v) is 3.11. The van der Waals surface area contributed by atoms with Gasteiger partial charge in [0.1, 0.15) is 12.4 Å². The van der Waals surface area contributed by atoms with E-state index in [-0.39, 0.29) is 12.2 Å². The molecule has 0 aliphatic rings. The van der Waals surface area contributed by atoms with Crippen LogP contribution in [0.25, 0.3) is 0 Å². The molecule has 21 heavy (non-hydrogen) atoms. The predicted octanol–water partition coefficient (Wildman–Crippen LogP) is 4.27. The molecule has 0 aliphatic heterocycles. The Balaban J connectivity index is 2.06. The van der Waals surface area contributed by atoms with Crippen molar-refractivity contribution in [2.75, 3.05) is 0 Å². The minimum atomic E-state index is -0.842. The second kappa shape index (κ2) is 6.83. The van der Waals surface area contributed by atoms with Crippen LogP contribution in [0.2, 0.25) is 0 Å². The first kappa shape index (κ1) is 15.0. The average Bonchev–Trinajstić information content (AvgIpc) is 2.48. The highest BCUT2D eigenvalue weighted by Gasteiger charge is 2.17. The first-order valence-corrected chi connectivity index (χ1v) is 6.75. The fraction of sp³-hybridized carbons (Fsp3) is 0.250. The lowest BCUT2D eigenvalue weighted by Gasteiger charge is -2.08. The lowest BCUT2D eigenvalue weighted by molar-refractivity contribution is -0.387. The second-order valence-electron chi connectivity index (χ2n) is 4.69. The molecule has 0 unspecified atom stereocenters. The third kappa shape index (κ3) is 3.78. The van der Waals surface area contributed by atoms with Crippen LogP contribution in [-0.4, -0.2) is 4.92 Å². The molecular weight excluding hydrogens is 273 g/mol. The van der Waals surface area contributed by atoms with Crippen LogP contribution < -0.4 is 4.74 Å². The van der Waals surface area contributed by atoms with Crippen LogP contribution in [0.1, 0.15) is 24.5 Å². The summed E-state index contributed by atoms with van der Waals surface area (Å²) in [5.41, 5.74) is 0.850. The van der Waals surface area contributed by atoms with Crippen molar-refractivity contribution in [2.24, 2.45) is 0 Å². The van der Waals surface area contributed by atoms with E-state index < -0.39 is 16.4 Å². The second-order valence-corrected chi connectivity index (χ2v) is 4.69. The summed E-state index contributed by atoms with van der Waals surface area (Å²) in [6.07, 6.45) is 2.07. The zero-order chi connectivity index (χ0) is 15.2. The van der Waals surface area contributed by atoms with Crippen LogP contribution in [0, 0.1) is 15.9 Å². The average molecular weight is 289 g/mol. The van der Waals surface area contributed by atoms with E-state index in [1.165, 1.54) is 17.7 Å². The van der Waals surface area contributed by atoms with E-state index in [9.17, 15) is 14.5 Å². The van der Waals surface area contributed by atoms with E-state index in [2.05, 4.69) is 6.92 Å². The Morgan fingerprint density at radius 1 is 1.19 bits per heavy atom. The number of aryl methyl sites for hydroxylation is 1. The Bertz CT molecular complexity index is 626. The highest BCUT2D eigenvalue weighted by molar-refractivity contribution is 5.37. The first-order valence-electron chi connectivity index (χ1n) is 6.75. The van der Waals surface area contributed by atoms with Gasteiger partial charge >= 0.3 is 5.69 Å². The molecule has 0 heterocycles. The summed E-state index contributed by atoms with van der Waals surface area (Å²) in [6.45, 7) is 2.07. The van der Waals surface area contributed by atoms with Gasteiger partial charge in [-0.3, -0.25) is 10.1 Å². The minimum Gasteiger partial charge on any atom is -0.489 e. The minimum absolute atomic E-state index is 0.0410. The molecule has 5 heteroatoms. The number of nitro benzene ring substituents is 1. The van der Waals surface area contributed by atoms with Crippen LogP contribution in [-0.2, 0) is 13.0 Å². The molecule has 2 rings (SSSR count). The van der Waals surface area contributed by atoms with Gasteiger partial charge in [-0.1, -0.05) is 37.6 Å². The van der Waals surface area contributed by atoms with E-state index in [0.717, 1.165) is 18.9 Å². The van der Waals surface area contributed by atoms with Crippen molar-refractivity contribution in [3.05, 3.63) is 69.5 Å². The molecule has 0 saturated heterocycles. The zero-order valence-electron chi connectivity index (χ0n) is 11.7. The molecule has 0 amide bonds. The molecule has 0 saturated carbocycles. The maximum atomic E-state index is 13.9. The zero-order valence-corrected chi connectivity index (χ0v) is 11.7. The summed E-state index contributed by atoms with van der Waals surface area (Å²) in [7, 11) is 0. The summed E-state index contributed by atoms with van der Waals surface area (Å²) < 4.78 is 19.3. The van der Waals surface area contributed by atoms with Gasteiger partial charge in [0.2, 0.25) is 5.82 Å². The molecule has 4 nitrogen and oxygen atoms in total. The molecule has 0 radical (unpaired) electrons. The highest BCUT2D eigenvalue weighted by atomic mass is 19.1. The highest BCUT2D eigenvalue weighted by Crippen LogP contribution is 2.22. The third-order valence-electron chi connectivity index (χ3n) is 3.11. The molecule has 0 atom stereocenters. The number of hydrogen-bond donors (Lipinski definition) is 0. The molecular formula is C16H16FNO3. The Labute approximate surface area is 122 Å². The van der Waals surface area contributed by atoms with Crippen LogP contribution in [0.5, 0.6) is 5.75 Å². The molecule has 0 fully saturated rings. The Kier molecular flexibility index (Phi) is 4.87. The molecule has 0 bridgehead atoms. The topological polar surface area (TPSA) is 52.4 Å². The largest absolute Gasteiger partial charge is 0.489 e. The van der Waals surface area contributed by atoms with Crippen LogP contribution in [0.15, 0.2) is 42.5 Å². The summed E-state index contributed by atoms with van der Waals surface area (Å²) in [6, 6.07) is 11.6. The van der Waals surface area contributed by atoms with Gasteiger partial charge < -0.3 is 4.74 Å². The first-order chi connectivity index (χ1) is 10.1. The fourth-order valence-corrected chi connectivity index (χ4v) is 2.02. The number of nitro groups is 1. The Morgan fingerprint density at radius 3 is 2.52 bits per heavy atom. The normalized spacial score (nSPS) is 10.4. The van der Waals surface area contributed by atoms with E-state index in [0.29, 0.717) is 5.75 Å². The molecule has 0 spiro atoms. The summed E-state index contributed by atoms with van der Waals surface area (Å²) in [4.78, 5) is 9.93. The molecule has 0 N–H and O–H groups in total. The molecule has 0 aliphatic carbocycles. The van der Waals surface area contributed by atoms with Gasteiger partial charge in [0.15, 0.2) is 0 Å². The van der Waals surface area contributed by atoms with Crippen LogP contribution >= 0.6 is 0 Å². The maximum absolute atomic E-state index is 13.9. The SMILES string of the molecule is CCCc1ccc(OCc2cccc([N+](=O)[O-])c2F)cc1. The van der Waals surface area contributed by atoms with Crippen LogP contribution in [0.3, 0.4) is 0 Å². The standard InChI is InChI=1S/C16H16FNO3/c1-2-4-12-7-9-14(10-8-12)21-11-13-5-3-6-15(16(13)17)18(19)20/h3,5-10H,2,4,11H2,1H3. The molecule has 110 valence electrons. The molecule has 2 aromatic carbocycles. The number of halogens is 1. The smallest absolute Gasteiger partial charge is 0.305 e. The number of benzene rings is 2. The van der Waals surface area contributed by atoms with E-state index in [1.54, 1.807) is 0 Å². The maximum Gasteiger partial charge on any atom is 0.305 e. The van der Waals surface area contributed by atoms with Crippen molar-refractivity contribution >= 4 is 5.69 Å². The van der Waals surface area contributed by atoms with E-state index in [1.807, 2.05) is 24.3 Å². The van der Waals surface area contributed by atoms with Gasteiger partial charge in [-0.25, -0.2) is 0 Å². The van der Waals surface area contributed by atoms with Crippen molar-refractivity contribution in [3.63, 3.8) is 0 Å². The van der Waals surface area contributed by atoms with Crippen molar-refractivity contribution < 1.29 is 14.1 Å². The number of nitrogens with zero attached hydrogens (tertiary/aromatic N) is 1. The van der Waals surface area contributed by atoms with Gasteiger partial charge in [0.25, 0.3) is 0 Å². The van der Waals surface area contributed by atoms with E-state index in [4.69, 9.17) is 4.74 Å². The van der Waals surface area contributed by atoms with Crippen molar-refractivity contribution in [1.82, 2.24) is 0 Å². The summed E-state index contributed by atoms with van der Waals surface area (Å²) in [5.74, 6) is -0.231. The summed E-state index contributed by atoms with van der Waals surface area (Å²) >= 11 is 0. The predicted molar refractivity (Wildman–Crippen MR) is 77.8 cm³/mol. The van der Waals surface area contributed by atoms with Crippen molar-refractivity contribution in [2.45, 2.75) is 26.4 Å². The summed E-state index contributed by atoms with van der Waals surface area (Å²) in [5, 5.41) is 10.7. The van der Waals surface area contributed by atoms with Gasteiger partial charge in [-0.05, 0) is 24.1 Å². The number of hydrogen-bond acceptors (Lipinski definition) is 3. The van der Waals surface area contributed by atoms with Crippen LogP contribution in [0.4, 0.5) is 10.1 Å². The van der Waals surface area contributed by atoms with Crippen molar-refractivity contribution in [3.8, 4) is 5.75 Å². The molecule has 2 aromatic rings. The number of rotatable bonds is 6. The Hall–Kier alpha value is -2.43. The van der Waals surface area contributed by atoms with Crippen molar-refractivity contribution in [1.29, 1.82) is 0 Å². The van der Waals surface area contributed by atoms with Gasteiger partial charge in [-0.2, -0.15) is 4.39 Å². The van der Waals surface area contributed by atoms with Gasteiger partial charge in [-0.15, -0.1) is 0 Å². The fourth-order valence-electron chi connectivity index (χ4n) is 2.02. The van der Waals surface area contributed by atoms with Gasteiger partial charge in [0.05, 0.1) is 4.92 Å².